The summed E-state index contributed by atoms with van der Waals surface area (Å²) < 4.78 is 18.1. The molecule has 0 unspecified atom stereocenters. The summed E-state index contributed by atoms with van der Waals surface area (Å²) in [6.45, 7) is 12.9. The fourth-order valence-corrected chi connectivity index (χ4v) is 5.95. The van der Waals surface area contributed by atoms with E-state index in [2.05, 4.69) is 32.2 Å². The molecule has 1 aliphatic heterocycles. The lowest BCUT2D eigenvalue weighted by molar-refractivity contribution is 0.148. The van der Waals surface area contributed by atoms with E-state index in [1.807, 2.05) is 64.2 Å². The average Bonchev–Trinajstić information content (AvgIpc) is 3.01. The van der Waals surface area contributed by atoms with E-state index >= 15 is 4.39 Å². The van der Waals surface area contributed by atoms with Crippen LogP contribution in [0.5, 0.6) is 0 Å². The second kappa shape index (κ2) is 12.3. The number of nitrogens with one attached hydrogen (secondary N) is 1. The zero-order chi connectivity index (χ0) is 32.7. The van der Waals surface area contributed by atoms with E-state index in [9.17, 15) is 9.59 Å². The Balaban J connectivity index is 1.30. The molecular formula is C36H40FN7O2. The molecule has 0 atom stereocenters. The Labute approximate surface area is 267 Å². The van der Waals surface area contributed by atoms with Crippen LogP contribution in [0.3, 0.4) is 0 Å². The molecule has 1 N–H and O–H groups in total. The van der Waals surface area contributed by atoms with Gasteiger partial charge in [-0.05, 0) is 72.0 Å². The first kappa shape index (κ1) is 31.3. The van der Waals surface area contributed by atoms with Crippen LogP contribution in [0.15, 0.2) is 76.7 Å². The highest BCUT2D eigenvalue weighted by molar-refractivity contribution is 5.83. The first-order valence-corrected chi connectivity index (χ1v) is 15.5. The lowest BCUT2D eigenvalue weighted by Crippen LogP contribution is -2.43. The van der Waals surface area contributed by atoms with Gasteiger partial charge >= 0.3 is 0 Å². The van der Waals surface area contributed by atoms with Gasteiger partial charge in [-0.15, -0.1) is 0 Å². The maximum atomic E-state index is 15.3. The summed E-state index contributed by atoms with van der Waals surface area (Å²) in [5.74, 6) is 0.0116. The summed E-state index contributed by atoms with van der Waals surface area (Å²) >= 11 is 0. The molecule has 1 fully saturated rings. The Hall–Kier alpha value is -4.67. The lowest BCUT2D eigenvalue weighted by atomic mass is 9.86. The third kappa shape index (κ3) is 6.23. The van der Waals surface area contributed by atoms with Crippen LogP contribution >= 0.6 is 0 Å². The molecule has 6 rings (SSSR count). The number of aromatic nitrogens is 4. The van der Waals surface area contributed by atoms with Gasteiger partial charge < -0.3 is 14.8 Å². The number of hydrogen-bond acceptors (Lipinski definition) is 7. The number of nitrogens with zero attached hydrogens (tertiary/aromatic N) is 6. The van der Waals surface area contributed by atoms with E-state index in [-0.39, 0.29) is 16.4 Å². The van der Waals surface area contributed by atoms with Gasteiger partial charge in [-0.25, -0.2) is 9.37 Å². The van der Waals surface area contributed by atoms with Gasteiger partial charge in [0, 0.05) is 63.1 Å². The van der Waals surface area contributed by atoms with Crippen molar-refractivity contribution in [2.75, 3.05) is 38.5 Å². The molecule has 0 amide bonds. The van der Waals surface area contributed by atoms with Crippen LogP contribution in [-0.4, -0.2) is 62.4 Å². The van der Waals surface area contributed by atoms with Gasteiger partial charge in [0.25, 0.3) is 11.1 Å². The second-order valence-electron chi connectivity index (χ2n) is 13.3. The number of benzene rings is 2. The predicted molar refractivity (Wildman–Crippen MR) is 182 cm³/mol. The summed E-state index contributed by atoms with van der Waals surface area (Å²) in [5.41, 5.74) is 4.17. The highest BCUT2D eigenvalue weighted by Gasteiger charge is 2.20. The van der Waals surface area contributed by atoms with E-state index in [0.29, 0.717) is 22.6 Å². The van der Waals surface area contributed by atoms with Crippen molar-refractivity contribution in [3.8, 4) is 16.8 Å². The minimum atomic E-state index is -0.563. The van der Waals surface area contributed by atoms with Gasteiger partial charge in [0.05, 0.1) is 17.3 Å². The molecule has 1 saturated heterocycles. The summed E-state index contributed by atoms with van der Waals surface area (Å²) in [5, 5.41) is 8.12. The molecular weight excluding hydrogens is 581 g/mol. The number of fused-ring (bicyclic) bond motifs is 1. The number of hydrogen-bond donors (Lipinski definition) is 1. The molecule has 1 aliphatic rings. The molecule has 0 bridgehead atoms. The SMILES string of the molecule is Cc1c(-c2cc(Nc3ccc(CN4CCN(C)CC4)cn3)c(=O)n(C)c2)cccc1-n1ncc2cc(C(C)(C)C)cc(F)c2c1=O. The van der Waals surface area contributed by atoms with Gasteiger partial charge in [0.2, 0.25) is 0 Å². The van der Waals surface area contributed by atoms with E-state index in [4.69, 9.17) is 0 Å². The first-order chi connectivity index (χ1) is 21.9. The highest BCUT2D eigenvalue weighted by Crippen LogP contribution is 2.30. The Bertz CT molecular complexity index is 2040. The standard InChI is InChI=1S/C36H40FN7O2/c1-23-28(8-7-9-31(23)44-35(46)33-25(20-39-44)16-27(18-29(33)37)36(2,3)4)26-17-30(34(45)42(6)22-26)40-32-11-10-24(19-38-32)21-43-14-12-41(5)13-15-43/h7-11,16-20,22H,12-15,21H2,1-6H3,(H,38,40). The van der Waals surface area contributed by atoms with Crippen LogP contribution < -0.4 is 16.4 Å². The first-order valence-electron chi connectivity index (χ1n) is 15.5. The van der Waals surface area contributed by atoms with Crippen molar-refractivity contribution in [1.82, 2.24) is 29.1 Å². The number of anilines is 2. The van der Waals surface area contributed by atoms with Crippen LogP contribution in [0, 0.1) is 12.7 Å². The zero-order valence-electron chi connectivity index (χ0n) is 27.3. The molecule has 10 heteroatoms. The molecule has 0 radical (unpaired) electrons. The van der Waals surface area contributed by atoms with Gasteiger partial charge in [-0.1, -0.05) is 39.0 Å². The Morgan fingerprint density at radius 3 is 2.39 bits per heavy atom. The molecule has 0 aliphatic carbocycles. The minimum absolute atomic E-state index is 0.00319. The van der Waals surface area contributed by atoms with Crippen LogP contribution in [0.2, 0.25) is 0 Å². The quantitative estimate of drug-likeness (QED) is 0.272. The van der Waals surface area contributed by atoms with Crippen LogP contribution in [0.4, 0.5) is 15.9 Å². The van der Waals surface area contributed by atoms with Gasteiger partial charge in [0.15, 0.2) is 0 Å². The maximum Gasteiger partial charge on any atom is 0.282 e. The number of pyridine rings is 2. The Morgan fingerprint density at radius 1 is 0.935 bits per heavy atom. The molecule has 2 aromatic carbocycles. The van der Waals surface area contributed by atoms with Crippen molar-refractivity contribution in [2.24, 2.45) is 7.05 Å². The molecule has 3 aromatic heterocycles. The third-order valence-electron chi connectivity index (χ3n) is 8.82. The smallest absolute Gasteiger partial charge is 0.282 e. The van der Waals surface area contributed by atoms with Crippen molar-refractivity contribution < 1.29 is 4.39 Å². The summed E-state index contributed by atoms with van der Waals surface area (Å²) in [7, 11) is 3.84. The largest absolute Gasteiger partial charge is 0.336 e. The van der Waals surface area contributed by atoms with E-state index in [0.717, 1.165) is 60.5 Å². The summed E-state index contributed by atoms with van der Waals surface area (Å²) in [4.78, 5) is 36.1. The highest BCUT2D eigenvalue weighted by atomic mass is 19.1. The number of piperazine rings is 1. The summed E-state index contributed by atoms with van der Waals surface area (Å²) in [6, 6.07) is 14.5. The molecule has 9 nitrogen and oxygen atoms in total. The van der Waals surface area contributed by atoms with E-state index in [1.54, 1.807) is 31.6 Å². The van der Waals surface area contributed by atoms with Crippen molar-refractivity contribution in [2.45, 2.75) is 39.7 Å². The lowest BCUT2D eigenvalue weighted by Gasteiger charge is -2.32. The molecule has 46 heavy (non-hydrogen) atoms. The number of likely N-dealkylation sites (N-methyl/N-ethyl adjacent to an activating group) is 1. The van der Waals surface area contributed by atoms with Crippen molar-refractivity contribution in [3.63, 3.8) is 0 Å². The van der Waals surface area contributed by atoms with Crippen molar-refractivity contribution in [1.29, 1.82) is 0 Å². The van der Waals surface area contributed by atoms with Crippen LogP contribution in [-0.2, 0) is 19.0 Å². The Morgan fingerprint density at radius 2 is 1.70 bits per heavy atom. The molecule has 5 aromatic rings. The van der Waals surface area contributed by atoms with E-state index < -0.39 is 11.4 Å². The topological polar surface area (TPSA) is 88.3 Å². The van der Waals surface area contributed by atoms with Crippen molar-refractivity contribution >= 4 is 22.3 Å². The number of rotatable bonds is 6. The fourth-order valence-electron chi connectivity index (χ4n) is 5.95. The van der Waals surface area contributed by atoms with Crippen molar-refractivity contribution in [3.05, 3.63) is 110 Å². The van der Waals surface area contributed by atoms with E-state index in [1.165, 1.54) is 15.3 Å². The minimum Gasteiger partial charge on any atom is -0.336 e. The normalized spacial score (nSPS) is 14.6. The monoisotopic (exact) mass is 621 g/mol. The zero-order valence-corrected chi connectivity index (χ0v) is 27.3. The molecule has 0 spiro atoms. The van der Waals surface area contributed by atoms with Crippen LogP contribution in [0.1, 0.15) is 37.5 Å². The maximum absolute atomic E-state index is 15.3. The molecule has 0 saturated carbocycles. The number of aryl methyl sites for hydroxylation is 1. The second-order valence-corrected chi connectivity index (χ2v) is 13.3. The average molecular weight is 622 g/mol. The molecule has 4 heterocycles. The molecule has 238 valence electrons. The van der Waals surface area contributed by atoms with Crippen LogP contribution in [0.25, 0.3) is 27.6 Å². The summed E-state index contributed by atoms with van der Waals surface area (Å²) in [6.07, 6.45) is 5.15. The fraction of sp³-hybridized carbons (Fsp3) is 0.333. The number of halogens is 1. The predicted octanol–water partition coefficient (Wildman–Crippen LogP) is 5.38. The van der Waals surface area contributed by atoms with Gasteiger partial charge in [-0.3, -0.25) is 14.5 Å². The van der Waals surface area contributed by atoms with Gasteiger partial charge in [-0.2, -0.15) is 9.78 Å². The third-order valence-corrected chi connectivity index (χ3v) is 8.82. The Kier molecular flexibility index (Phi) is 8.35. The van der Waals surface area contributed by atoms with Gasteiger partial charge in [0.1, 0.15) is 17.3 Å².